The standard InChI is InChI=1S/C19H26P2/c1-16(2)20(17(3)4)15-21(18-11-7-5-8-12-18)19-13-9-6-10-14-19/h5-14,16-17H,15H2,1-4H3. The van der Waals surface area contributed by atoms with Crippen molar-refractivity contribution < 1.29 is 0 Å². The second-order valence-corrected chi connectivity index (χ2v) is 12.1. The molecule has 0 atom stereocenters. The second-order valence-electron chi connectivity index (χ2n) is 5.94. The molecule has 0 heterocycles. The van der Waals surface area contributed by atoms with Gasteiger partial charge in [0, 0.05) is 0 Å². The molecular weight excluding hydrogens is 290 g/mol. The van der Waals surface area contributed by atoms with Crippen LogP contribution in [0.1, 0.15) is 27.7 Å². The Labute approximate surface area is 132 Å². The molecule has 0 spiro atoms. The molecule has 0 fully saturated rings. The lowest BCUT2D eigenvalue weighted by Gasteiger charge is -2.31. The van der Waals surface area contributed by atoms with Crippen molar-refractivity contribution in [1.82, 2.24) is 0 Å². The molecule has 0 aromatic heterocycles. The van der Waals surface area contributed by atoms with Crippen LogP contribution in [0.3, 0.4) is 0 Å². The van der Waals surface area contributed by atoms with Crippen molar-refractivity contribution >= 4 is 26.5 Å². The molecule has 0 saturated carbocycles. The summed E-state index contributed by atoms with van der Waals surface area (Å²) in [5, 5.41) is 3.04. The van der Waals surface area contributed by atoms with Crippen LogP contribution < -0.4 is 10.6 Å². The second kappa shape index (κ2) is 8.07. The van der Waals surface area contributed by atoms with Crippen molar-refractivity contribution in [3.05, 3.63) is 60.7 Å². The molecular formula is C19H26P2. The normalized spacial score (nSPS) is 11.8. The third kappa shape index (κ3) is 4.64. The Kier molecular flexibility index (Phi) is 6.40. The molecule has 0 aliphatic rings. The number of hydrogen-bond acceptors (Lipinski definition) is 0. The smallest absolute Gasteiger partial charge is 0.00354 e. The minimum atomic E-state index is -0.226. The summed E-state index contributed by atoms with van der Waals surface area (Å²) in [6.45, 7) is 9.59. The summed E-state index contributed by atoms with van der Waals surface area (Å²) in [5.74, 6) is 1.36. The summed E-state index contributed by atoms with van der Waals surface area (Å²) in [6, 6.07) is 22.2. The summed E-state index contributed by atoms with van der Waals surface area (Å²) in [7, 11) is -0.163. The molecule has 2 heteroatoms. The SMILES string of the molecule is CC(C)P(CP(c1ccccc1)c1ccccc1)C(C)C. The van der Waals surface area contributed by atoms with Crippen LogP contribution in [-0.2, 0) is 0 Å². The van der Waals surface area contributed by atoms with Crippen molar-refractivity contribution in [2.75, 3.05) is 5.90 Å². The van der Waals surface area contributed by atoms with E-state index in [9.17, 15) is 0 Å². The number of rotatable bonds is 6. The Balaban J connectivity index is 2.33. The molecule has 112 valence electrons. The van der Waals surface area contributed by atoms with Crippen LogP contribution in [0.2, 0.25) is 0 Å². The first-order chi connectivity index (χ1) is 10.1. The summed E-state index contributed by atoms with van der Waals surface area (Å²) in [4.78, 5) is 0. The third-order valence-corrected chi connectivity index (χ3v) is 10.7. The Morgan fingerprint density at radius 2 is 1.05 bits per heavy atom. The van der Waals surface area contributed by atoms with Gasteiger partial charge in [-0.05, 0) is 35.8 Å². The monoisotopic (exact) mass is 316 g/mol. The van der Waals surface area contributed by atoms with Gasteiger partial charge in [0.1, 0.15) is 0 Å². The molecule has 0 amide bonds. The van der Waals surface area contributed by atoms with Crippen LogP contribution in [0.4, 0.5) is 0 Å². The van der Waals surface area contributed by atoms with Gasteiger partial charge in [-0.25, -0.2) is 0 Å². The van der Waals surface area contributed by atoms with E-state index in [0.29, 0.717) is 0 Å². The number of benzene rings is 2. The Bertz CT molecular complexity index is 472. The maximum absolute atomic E-state index is 2.40. The van der Waals surface area contributed by atoms with Gasteiger partial charge in [0.2, 0.25) is 0 Å². The highest BCUT2D eigenvalue weighted by Crippen LogP contribution is 2.55. The highest BCUT2D eigenvalue weighted by molar-refractivity contribution is 7.83. The molecule has 0 aliphatic heterocycles. The molecule has 0 nitrogen and oxygen atoms in total. The van der Waals surface area contributed by atoms with Crippen LogP contribution in [0.25, 0.3) is 0 Å². The van der Waals surface area contributed by atoms with Gasteiger partial charge in [0.05, 0.1) is 0 Å². The van der Waals surface area contributed by atoms with Gasteiger partial charge in [-0.3, -0.25) is 0 Å². The average Bonchev–Trinajstić information content (AvgIpc) is 2.49. The predicted molar refractivity (Wildman–Crippen MR) is 101 cm³/mol. The minimum Gasteiger partial charge on any atom is -0.0964 e. The van der Waals surface area contributed by atoms with Crippen molar-refractivity contribution in [3.8, 4) is 0 Å². The van der Waals surface area contributed by atoms with E-state index in [1.807, 2.05) is 0 Å². The molecule has 2 aromatic rings. The Hall–Kier alpha value is -0.700. The lowest BCUT2D eigenvalue weighted by molar-refractivity contribution is 1.01. The molecule has 0 aliphatic carbocycles. The molecule has 21 heavy (non-hydrogen) atoms. The largest absolute Gasteiger partial charge is 0.0964 e. The van der Waals surface area contributed by atoms with E-state index >= 15 is 0 Å². The molecule has 2 aromatic carbocycles. The van der Waals surface area contributed by atoms with Gasteiger partial charge in [-0.1, -0.05) is 96.3 Å². The van der Waals surface area contributed by atoms with E-state index in [-0.39, 0.29) is 15.8 Å². The maximum Gasteiger partial charge on any atom is -0.00354 e. The highest BCUT2D eigenvalue weighted by Gasteiger charge is 2.23. The Morgan fingerprint density at radius 3 is 1.38 bits per heavy atom. The molecule has 2 rings (SSSR count). The van der Waals surface area contributed by atoms with Crippen LogP contribution in [0.15, 0.2) is 60.7 Å². The topological polar surface area (TPSA) is 0 Å². The summed E-state index contributed by atoms with van der Waals surface area (Å²) < 4.78 is 0. The quantitative estimate of drug-likeness (QED) is 0.628. The molecule has 0 saturated heterocycles. The van der Waals surface area contributed by atoms with E-state index in [4.69, 9.17) is 0 Å². The molecule has 0 bridgehead atoms. The van der Waals surface area contributed by atoms with E-state index in [2.05, 4.69) is 88.4 Å². The van der Waals surface area contributed by atoms with Crippen molar-refractivity contribution in [2.24, 2.45) is 0 Å². The molecule has 0 unspecified atom stereocenters. The van der Waals surface area contributed by atoms with Crippen LogP contribution in [0, 0.1) is 0 Å². The van der Waals surface area contributed by atoms with Crippen molar-refractivity contribution in [1.29, 1.82) is 0 Å². The first kappa shape index (κ1) is 16.7. The molecule has 0 radical (unpaired) electrons. The van der Waals surface area contributed by atoms with E-state index in [0.717, 1.165) is 11.3 Å². The fraction of sp³-hybridized carbons (Fsp3) is 0.368. The van der Waals surface area contributed by atoms with E-state index in [1.165, 1.54) is 16.5 Å². The van der Waals surface area contributed by atoms with Gasteiger partial charge in [-0.2, -0.15) is 0 Å². The van der Waals surface area contributed by atoms with Gasteiger partial charge >= 0.3 is 0 Å². The fourth-order valence-electron chi connectivity index (χ4n) is 2.61. The fourth-order valence-corrected chi connectivity index (χ4v) is 10.4. The highest BCUT2D eigenvalue weighted by atomic mass is 31.2. The lowest BCUT2D eigenvalue weighted by atomic mass is 10.4. The first-order valence-corrected chi connectivity index (χ1v) is 10.9. The van der Waals surface area contributed by atoms with Crippen LogP contribution in [0.5, 0.6) is 0 Å². The van der Waals surface area contributed by atoms with Gasteiger partial charge in [0.25, 0.3) is 0 Å². The predicted octanol–water partition coefficient (Wildman–Crippen LogP) is 5.38. The zero-order chi connectivity index (χ0) is 15.2. The van der Waals surface area contributed by atoms with E-state index in [1.54, 1.807) is 0 Å². The molecule has 0 N–H and O–H groups in total. The van der Waals surface area contributed by atoms with Crippen LogP contribution >= 0.6 is 15.8 Å². The zero-order valence-electron chi connectivity index (χ0n) is 13.5. The summed E-state index contributed by atoms with van der Waals surface area (Å²) in [5.41, 5.74) is 1.61. The number of hydrogen-bond donors (Lipinski definition) is 0. The summed E-state index contributed by atoms with van der Waals surface area (Å²) in [6.07, 6.45) is 0. The van der Waals surface area contributed by atoms with Gasteiger partial charge < -0.3 is 0 Å². The lowest BCUT2D eigenvalue weighted by Crippen LogP contribution is -2.16. The average molecular weight is 316 g/mol. The van der Waals surface area contributed by atoms with Crippen molar-refractivity contribution in [3.63, 3.8) is 0 Å². The zero-order valence-corrected chi connectivity index (χ0v) is 15.3. The van der Waals surface area contributed by atoms with Crippen molar-refractivity contribution in [2.45, 2.75) is 39.0 Å². The van der Waals surface area contributed by atoms with Gasteiger partial charge in [0.15, 0.2) is 0 Å². The third-order valence-electron chi connectivity index (χ3n) is 3.77. The first-order valence-electron chi connectivity index (χ1n) is 7.73. The minimum absolute atomic E-state index is 0.0635. The van der Waals surface area contributed by atoms with Gasteiger partial charge in [-0.15, -0.1) is 0 Å². The Morgan fingerprint density at radius 1 is 0.667 bits per heavy atom. The summed E-state index contributed by atoms with van der Waals surface area (Å²) >= 11 is 0. The maximum atomic E-state index is 2.40. The van der Waals surface area contributed by atoms with Crippen LogP contribution in [-0.4, -0.2) is 17.2 Å². The van der Waals surface area contributed by atoms with E-state index < -0.39 is 0 Å².